The van der Waals surface area contributed by atoms with Crippen LogP contribution in [0.2, 0.25) is 5.02 Å². The number of thiazole rings is 1. The standard InChI is InChI=1S/C19H16ClNO4S/c1-23-16-9-5-7-14(17(16)24-2)19(22)25-10-12-11-26-18(21-12)13-6-3-4-8-15(13)20/h3-9,11H,10H2,1-2H3. The number of carbonyl (C=O) groups excluding carboxylic acids is 1. The predicted octanol–water partition coefficient (Wildman–Crippen LogP) is 4.84. The molecule has 26 heavy (non-hydrogen) atoms. The Bertz CT molecular complexity index is 925. The van der Waals surface area contributed by atoms with Crippen LogP contribution in [0, 0.1) is 0 Å². The molecule has 0 aliphatic heterocycles. The lowest BCUT2D eigenvalue weighted by molar-refractivity contribution is 0.0464. The molecule has 0 spiro atoms. The van der Waals surface area contributed by atoms with E-state index in [1.54, 1.807) is 18.2 Å². The maximum Gasteiger partial charge on any atom is 0.342 e. The molecule has 0 bridgehead atoms. The lowest BCUT2D eigenvalue weighted by Crippen LogP contribution is -2.08. The number of hydrogen-bond acceptors (Lipinski definition) is 6. The first kappa shape index (κ1) is 18.2. The fraction of sp³-hybridized carbons (Fsp3) is 0.158. The van der Waals surface area contributed by atoms with Crippen molar-refractivity contribution in [1.29, 1.82) is 0 Å². The Morgan fingerprint density at radius 1 is 1.12 bits per heavy atom. The number of ether oxygens (including phenoxy) is 3. The van der Waals surface area contributed by atoms with Crippen LogP contribution in [0.1, 0.15) is 16.1 Å². The Kier molecular flexibility index (Phi) is 5.75. The molecule has 0 saturated carbocycles. The minimum atomic E-state index is -0.506. The van der Waals surface area contributed by atoms with Gasteiger partial charge in [0.25, 0.3) is 0 Å². The van der Waals surface area contributed by atoms with Crippen LogP contribution >= 0.6 is 22.9 Å². The van der Waals surface area contributed by atoms with Crippen molar-refractivity contribution in [2.24, 2.45) is 0 Å². The third kappa shape index (κ3) is 3.81. The molecule has 0 aliphatic rings. The zero-order chi connectivity index (χ0) is 18.5. The van der Waals surface area contributed by atoms with Crippen LogP contribution in [0.4, 0.5) is 0 Å². The summed E-state index contributed by atoms with van der Waals surface area (Å²) in [6, 6.07) is 12.5. The number of esters is 1. The van der Waals surface area contributed by atoms with Crippen molar-refractivity contribution in [2.75, 3.05) is 14.2 Å². The van der Waals surface area contributed by atoms with Crippen molar-refractivity contribution in [3.8, 4) is 22.1 Å². The van der Waals surface area contributed by atoms with E-state index in [2.05, 4.69) is 4.98 Å². The van der Waals surface area contributed by atoms with Gasteiger partial charge >= 0.3 is 5.97 Å². The molecule has 0 unspecified atom stereocenters. The second-order valence-electron chi connectivity index (χ2n) is 5.24. The van der Waals surface area contributed by atoms with E-state index in [1.165, 1.54) is 25.6 Å². The minimum Gasteiger partial charge on any atom is -0.493 e. The predicted molar refractivity (Wildman–Crippen MR) is 101 cm³/mol. The average Bonchev–Trinajstić information content (AvgIpc) is 3.14. The summed E-state index contributed by atoms with van der Waals surface area (Å²) in [5.74, 6) is 0.305. The van der Waals surface area contributed by atoms with Gasteiger partial charge in [-0.25, -0.2) is 9.78 Å². The Morgan fingerprint density at radius 2 is 1.92 bits per heavy atom. The zero-order valence-corrected chi connectivity index (χ0v) is 15.8. The van der Waals surface area contributed by atoms with Gasteiger partial charge in [0.1, 0.15) is 17.2 Å². The number of methoxy groups -OCH3 is 2. The summed E-state index contributed by atoms with van der Waals surface area (Å²) < 4.78 is 15.8. The van der Waals surface area contributed by atoms with E-state index in [9.17, 15) is 4.79 Å². The number of nitrogens with zero attached hydrogens (tertiary/aromatic N) is 1. The Hall–Kier alpha value is -2.57. The lowest BCUT2D eigenvalue weighted by Gasteiger charge is -2.11. The van der Waals surface area contributed by atoms with Gasteiger partial charge in [-0.15, -0.1) is 11.3 Å². The number of halogens is 1. The van der Waals surface area contributed by atoms with E-state index in [4.69, 9.17) is 25.8 Å². The van der Waals surface area contributed by atoms with Gasteiger partial charge in [-0.05, 0) is 18.2 Å². The van der Waals surface area contributed by atoms with Crippen molar-refractivity contribution in [3.05, 3.63) is 64.1 Å². The molecule has 5 nitrogen and oxygen atoms in total. The molecule has 0 fully saturated rings. The molecule has 0 saturated heterocycles. The third-order valence-electron chi connectivity index (χ3n) is 3.63. The van der Waals surface area contributed by atoms with Gasteiger partial charge in [-0.3, -0.25) is 0 Å². The monoisotopic (exact) mass is 389 g/mol. The SMILES string of the molecule is COc1cccc(C(=O)OCc2csc(-c3ccccc3Cl)n2)c1OC. The van der Waals surface area contributed by atoms with Crippen LogP contribution in [-0.4, -0.2) is 25.2 Å². The molecule has 0 amide bonds. The van der Waals surface area contributed by atoms with Crippen LogP contribution in [0.5, 0.6) is 11.5 Å². The van der Waals surface area contributed by atoms with E-state index in [0.29, 0.717) is 27.8 Å². The summed E-state index contributed by atoms with van der Waals surface area (Å²) in [7, 11) is 2.99. The quantitative estimate of drug-likeness (QED) is 0.565. The molecule has 1 aromatic heterocycles. The highest BCUT2D eigenvalue weighted by atomic mass is 35.5. The summed E-state index contributed by atoms with van der Waals surface area (Å²) in [6.45, 7) is 0.0557. The number of rotatable bonds is 6. The highest BCUT2D eigenvalue weighted by Gasteiger charge is 2.18. The van der Waals surface area contributed by atoms with E-state index < -0.39 is 5.97 Å². The first-order valence-corrected chi connectivity index (χ1v) is 8.97. The van der Waals surface area contributed by atoms with Gasteiger partial charge in [0.2, 0.25) is 0 Å². The van der Waals surface area contributed by atoms with Crippen molar-refractivity contribution in [3.63, 3.8) is 0 Å². The van der Waals surface area contributed by atoms with Crippen molar-refractivity contribution in [2.45, 2.75) is 6.61 Å². The fourth-order valence-corrected chi connectivity index (χ4v) is 3.52. The number of carbonyl (C=O) groups is 1. The summed E-state index contributed by atoms with van der Waals surface area (Å²) in [4.78, 5) is 16.9. The van der Waals surface area contributed by atoms with Gasteiger partial charge in [0.05, 0.1) is 24.9 Å². The fourth-order valence-electron chi connectivity index (χ4n) is 2.40. The summed E-state index contributed by atoms with van der Waals surface area (Å²) in [5.41, 5.74) is 1.81. The number of aromatic nitrogens is 1. The van der Waals surface area contributed by atoms with E-state index >= 15 is 0 Å². The molecular weight excluding hydrogens is 374 g/mol. The molecule has 2 aromatic carbocycles. The van der Waals surface area contributed by atoms with Crippen LogP contribution in [0.15, 0.2) is 47.8 Å². The topological polar surface area (TPSA) is 57.7 Å². The van der Waals surface area contributed by atoms with Gasteiger partial charge < -0.3 is 14.2 Å². The molecule has 0 radical (unpaired) electrons. The highest BCUT2D eigenvalue weighted by Crippen LogP contribution is 2.32. The first-order valence-electron chi connectivity index (χ1n) is 7.71. The Balaban J connectivity index is 1.72. The highest BCUT2D eigenvalue weighted by molar-refractivity contribution is 7.13. The lowest BCUT2D eigenvalue weighted by atomic mass is 10.2. The van der Waals surface area contributed by atoms with Gasteiger partial charge in [0, 0.05) is 10.9 Å². The van der Waals surface area contributed by atoms with Crippen molar-refractivity contribution in [1.82, 2.24) is 4.98 Å². The van der Waals surface area contributed by atoms with Gasteiger partial charge in [-0.1, -0.05) is 35.9 Å². The molecule has 0 N–H and O–H groups in total. The van der Waals surface area contributed by atoms with Crippen molar-refractivity contribution < 1.29 is 19.0 Å². The largest absolute Gasteiger partial charge is 0.493 e. The third-order valence-corrected chi connectivity index (χ3v) is 4.88. The van der Waals surface area contributed by atoms with E-state index in [0.717, 1.165) is 10.6 Å². The summed E-state index contributed by atoms with van der Waals surface area (Å²) >= 11 is 7.64. The van der Waals surface area contributed by atoms with Crippen LogP contribution in [0.3, 0.4) is 0 Å². The minimum absolute atomic E-state index is 0.0557. The molecular formula is C19H16ClNO4S. The maximum atomic E-state index is 12.4. The number of para-hydroxylation sites is 1. The van der Waals surface area contributed by atoms with Gasteiger partial charge in [0.15, 0.2) is 11.5 Å². The molecule has 134 valence electrons. The summed E-state index contributed by atoms with van der Waals surface area (Å²) in [5, 5.41) is 3.25. The van der Waals surface area contributed by atoms with Crippen LogP contribution in [0.25, 0.3) is 10.6 Å². The van der Waals surface area contributed by atoms with E-state index in [-0.39, 0.29) is 6.61 Å². The Labute approximate surface area is 160 Å². The second-order valence-corrected chi connectivity index (χ2v) is 6.51. The number of benzene rings is 2. The van der Waals surface area contributed by atoms with Gasteiger partial charge in [-0.2, -0.15) is 0 Å². The normalized spacial score (nSPS) is 10.4. The zero-order valence-electron chi connectivity index (χ0n) is 14.2. The Morgan fingerprint density at radius 3 is 2.65 bits per heavy atom. The van der Waals surface area contributed by atoms with Crippen LogP contribution in [-0.2, 0) is 11.3 Å². The molecule has 3 rings (SSSR count). The number of hydrogen-bond donors (Lipinski definition) is 0. The smallest absolute Gasteiger partial charge is 0.342 e. The first-order chi connectivity index (χ1) is 12.6. The van der Waals surface area contributed by atoms with E-state index in [1.807, 2.05) is 29.6 Å². The van der Waals surface area contributed by atoms with Crippen LogP contribution < -0.4 is 9.47 Å². The second kappa shape index (κ2) is 8.21. The maximum absolute atomic E-state index is 12.4. The molecule has 0 atom stereocenters. The van der Waals surface area contributed by atoms with Crippen molar-refractivity contribution >= 4 is 28.9 Å². The molecule has 0 aliphatic carbocycles. The molecule has 1 heterocycles. The average molecular weight is 390 g/mol. The molecule has 3 aromatic rings. The molecule has 7 heteroatoms. The summed E-state index contributed by atoms with van der Waals surface area (Å²) in [6.07, 6.45) is 0.